The summed E-state index contributed by atoms with van der Waals surface area (Å²) in [6.45, 7) is 7.08. The maximum atomic E-state index is 13.1. The van der Waals surface area contributed by atoms with Gasteiger partial charge in [0, 0.05) is 12.1 Å². The van der Waals surface area contributed by atoms with Gasteiger partial charge in [0.25, 0.3) is 0 Å². The topological polar surface area (TPSA) is 143 Å². The molecule has 0 saturated carbocycles. The van der Waals surface area contributed by atoms with E-state index in [0.717, 1.165) is 0 Å². The summed E-state index contributed by atoms with van der Waals surface area (Å²) in [5.41, 5.74) is -0.572. The number of ketones is 1. The van der Waals surface area contributed by atoms with Gasteiger partial charge in [-0.2, -0.15) is 0 Å². The highest BCUT2D eigenvalue weighted by Crippen LogP contribution is 2.31. The van der Waals surface area contributed by atoms with Crippen LogP contribution in [-0.2, 0) is 23.8 Å². The zero-order valence-corrected chi connectivity index (χ0v) is 21.1. The molecule has 188 valence electrons. The van der Waals surface area contributed by atoms with Gasteiger partial charge in [0.2, 0.25) is 4.87 Å². The van der Waals surface area contributed by atoms with Crippen LogP contribution in [0.5, 0.6) is 0 Å². The number of Topliss-reactive ketones (excluding diaryl/α,β-unsaturated/α-hetero) is 1. The molecule has 0 radical (unpaired) electrons. The Morgan fingerprint density at radius 2 is 1.69 bits per heavy atom. The summed E-state index contributed by atoms with van der Waals surface area (Å²) in [5.74, 6) is -0.874. The first-order chi connectivity index (χ1) is 14.8. The Balaban J connectivity index is 2.88. The Bertz CT molecular complexity index is 604. The Kier molecular flexibility index (Phi) is 12.5. The largest absolute Gasteiger partial charge is 0.464 e. The number of carbonyl (C=O) groups excluding carboxylic acids is 2. The molecule has 1 aliphatic heterocycles. The van der Waals surface area contributed by atoms with Crippen LogP contribution in [0.3, 0.4) is 0 Å². The molecule has 3 unspecified atom stereocenters. The van der Waals surface area contributed by atoms with E-state index in [9.17, 15) is 30.0 Å². The predicted molar refractivity (Wildman–Crippen MR) is 121 cm³/mol. The van der Waals surface area contributed by atoms with Crippen LogP contribution in [0.2, 0.25) is 0 Å². The molecule has 1 rings (SSSR count). The summed E-state index contributed by atoms with van der Waals surface area (Å²) in [5, 5.41) is 39.1. The van der Waals surface area contributed by atoms with Crippen LogP contribution in [0.25, 0.3) is 0 Å². The van der Waals surface area contributed by atoms with Crippen molar-refractivity contribution in [2.75, 3.05) is 19.8 Å². The van der Waals surface area contributed by atoms with E-state index >= 15 is 0 Å². The van der Waals surface area contributed by atoms with Crippen LogP contribution in [-0.4, -0.2) is 93.2 Å². The lowest BCUT2D eigenvalue weighted by Gasteiger charge is -2.39. The number of halogens is 1. The van der Waals surface area contributed by atoms with Gasteiger partial charge in [-0.25, -0.2) is 4.79 Å². The molecule has 0 aromatic rings. The minimum atomic E-state index is -1.99. The maximum Gasteiger partial charge on any atom is 0.335 e. The molecule has 1 heterocycles. The summed E-state index contributed by atoms with van der Waals surface area (Å²) in [6.07, 6.45) is -6.38. The average Bonchev–Trinajstić information content (AvgIpc) is 2.72. The standard InChI is InChI=1S/C21H38ClO9P/c1-11(2)5-7-30-20(28)21(22,18(27)14(32)9-12(3)4)6-8-29-19-17(26)16(25)15(24)13(10-23)31-19/h11-17,19,23-26H,5-10,32H2,1-4H3/t13-,14-,15-,16+,17-,19?,21?/m1/s1. The van der Waals surface area contributed by atoms with Crippen molar-refractivity contribution in [2.24, 2.45) is 11.8 Å². The van der Waals surface area contributed by atoms with Gasteiger partial charge >= 0.3 is 5.97 Å². The third-order valence-corrected chi connectivity index (χ3v) is 6.39. The summed E-state index contributed by atoms with van der Waals surface area (Å²) in [7, 11) is 2.42. The number of carbonyl (C=O) groups is 2. The number of rotatable bonds is 13. The molecule has 0 aromatic carbocycles. The normalized spacial score (nSPS) is 29.1. The Morgan fingerprint density at radius 3 is 2.22 bits per heavy atom. The van der Waals surface area contributed by atoms with Crippen LogP contribution in [0.15, 0.2) is 0 Å². The lowest BCUT2D eigenvalue weighted by atomic mass is 9.93. The maximum absolute atomic E-state index is 13.1. The average molecular weight is 501 g/mol. The summed E-state index contributed by atoms with van der Waals surface area (Å²) >= 11 is 6.55. The van der Waals surface area contributed by atoms with Crippen LogP contribution in [0, 0.1) is 11.8 Å². The second-order valence-corrected chi connectivity index (χ2v) is 10.5. The molecule has 0 amide bonds. The van der Waals surface area contributed by atoms with Crippen molar-refractivity contribution >= 4 is 32.6 Å². The molecule has 0 aromatic heterocycles. The molecule has 4 N–H and O–H groups in total. The van der Waals surface area contributed by atoms with Crippen molar-refractivity contribution in [1.29, 1.82) is 0 Å². The highest BCUT2D eigenvalue weighted by atomic mass is 35.5. The van der Waals surface area contributed by atoms with E-state index in [1.807, 2.05) is 27.7 Å². The van der Waals surface area contributed by atoms with Crippen LogP contribution in [0.1, 0.15) is 47.0 Å². The number of hydrogen-bond acceptors (Lipinski definition) is 9. The molecule has 1 aliphatic rings. The van der Waals surface area contributed by atoms with Gasteiger partial charge in [-0.3, -0.25) is 4.79 Å². The van der Waals surface area contributed by atoms with E-state index in [1.54, 1.807) is 0 Å². The minimum absolute atomic E-state index is 0.123. The van der Waals surface area contributed by atoms with Gasteiger partial charge in [0.15, 0.2) is 12.1 Å². The van der Waals surface area contributed by atoms with Crippen molar-refractivity contribution in [3.05, 3.63) is 0 Å². The van der Waals surface area contributed by atoms with E-state index in [4.69, 9.17) is 25.8 Å². The zero-order chi connectivity index (χ0) is 24.6. The van der Waals surface area contributed by atoms with Crippen LogP contribution < -0.4 is 0 Å². The fourth-order valence-electron chi connectivity index (χ4n) is 3.26. The second kappa shape index (κ2) is 13.5. The molecule has 8 atom stereocenters. The van der Waals surface area contributed by atoms with E-state index in [-0.39, 0.29) is 25.6 Å². The highest BCUT2D eigenvalue weighted by molar-refractivity contribution is 7.19. The van der Waals surface area contributed by atoms with E-state index < -0.39 is 59.6 Å². The first-order valence-electron chi connectivity index (χ1n) is 10.9. The molecule has 0 aliphatic carbocycles. The Morgan fingerprint density at radius 1 is 1.06 bits per heavy atom. The van der Waals surface area contributed by atoms with Gasteiger partial charge in [-0.05, 0) is 24.7 Å². The third kappa shape index (κ3) is 8.13. The van der Waals surface area contributed by atoms with Gasteiger partial charge in [-0.1, -0.05) is 39.3 Å². The van der Waals surface area contributed by atoms with Crippen molar-refractivity contribution in [3.63, 3.8) is 0 Å². The second-order valence-electron chi connectivity index (χ2n) is 9.04. The fourth-order valence-corrected chi connectivity index (χ4v) is 4.46. The molecule has 0 spiro atoms. The van der Waals surface area contributed by atoms with Crippen LogP contribution in [0.4, 0.5) is 0 Å². The summed E-state index contributed by atoms with van der Waals surface area (Å²) in [4.78, 5) is 23.9. The molecule has 32 heavy (non-hydrogen) atoms. The monoisotopic (exact) mass is 500 g/mol. The molecule has 11 heteroatoms. The first kappa shape index (κ1) is 29.7. The third-order valence-electron chi connectivity index (χ3n) is 5.28. The van der Waals surface area contributed by atoms with Crippen molar-refractivity contribution in [1.82, 2.24) is 0 Å². The van der Waals surface area contributed by atoms with Gasteiger partial charge < -0.3 is 34.6 Å². The van der Waals surface area contributed by atoms with Gasteiger partial charge in [0.05, 0.1) is 19.8 Å². The molecular formula is C21H38ClO9P. The minimum Gasteiger partial charge on any atom is -0.464 e. The summed E-state index contributed by atoms with van der Waals surface area (Å²) in [6, 6.07) is 0. The number of aliphatic hydroxyl groups excluding tert-OH is 4. The van der Waals surface area contributed by atoms with Crippen molar-refractivity contribution < 1.29 is 44.2 Å². The van der Waals surface area contributed by atoms with E-state index in [1.165, 1.54) is 0 Å². The number of ether oxygens (including phenoxy) is 3. The Labute approximate surface area is 197 Å². The number of esters is 1. The van der Waals surface area contributed by atoms with E-state index in [0.29, 0.717) is 18.8 Å². The molecule has 9 nitrogen and oxygen atoms in total. The predicted octanol–water partition coefficient (Wildman–Crippen LogP) is 0.619. The van der Waals surface area contributed by atoms with E-state index in [2.05, 4.69) is 9.24 Å². The number of alkyl halides is 1. The lowest BCUT2D eigenvalue weighted by Crippen LogP contribution is -2.59. The first-order valence-corrected chi connectivity index (χ1v) is 12.0. The van der Waals surface area contributed by atoms with Crippen molar-refractivity contribution in [2.45, 2.75) is 88.2 Å². The SMILES string of the molecule is CC(C)CCOC(=O)C(Cl)(CCOC1O[C@H](CO)[C@@H](O)[C@H](O)[C@H]1O)C(=O)[C@H](P)CC(C)C. The molecular weight excluding hydrogens is 463 g/mol. The number of hydrogen-bond donors (Lipinski definition) is 4. The summed E-state index contributed by atoms with van der Waals surface area (Å²) < 4.78 is 16.0. The lowest BCUT2D eigenvalue weighted by molar-refractivity contribution is -0.301. The molecule has 1 fully saturated rings. The van der Waals surface area contributed by atoms with Gasteiger partial charge in [-0.15, -0.1) is 9.24 Å². The van der Waals surface area contributed by atoms with Gasteiger partial charge in [0.1, 0.15) is 24.4 Å². The zero-order valence-electron chi connectivity index (χ0n) is 19.1. The number of aliphatic hydroxyl groups is 4. The smallest absolute Gasteiger partial charge is 0.335 e. The highest BCUT2D eigenvalue weighted by Gasteiger charge is 2.48. The fraction of sp³-hybridized carbons (Fsp3) is 0.905. The Hall–Kier alpha value is -0.380. The molecule has 1 saturated heterocycles. The quantitative estimate of drug-likeness (QED) is 0.124. The molecule has 0 bridgehead atoms. The van der Waals surface area contributed by atoms with Crippen molar-refractivity contribution in [3.8, 4) is 0 Å². The van der Waals surface area contributed by atoms with Crippen LogP contribution >= 0.6 is 20.8 Å².